The van der Waals surface area contributed by atoms with E-state index in [-0.39, 0.29) is 10.8 Å². The van der Waals surface area contributed by atoms with E-state index < -0.39 is 0 Å². The molecule has 0 radical (unpaired) electrons. The minimum Gasteiger partial charge on any atom is -0.278 e. The summed E-state index contributed by atoms with van der Waals surface area (Å²) in [6, 6.07) is 11.6. The molecule has 7 heteroatoms. The second-order valence-corrected chi connectivity index (χ2v) is 7.20. The van der Waals surface area contributed by atoms with Crippen LogP contribution >= 0.6 is 23.2 Å². The van der Waals surface area contributed by atoms with Gasteiger partial charge in [-0.25, -0.2) is 9.97 Å². The molecule has 0 spiro atoms. The fourth-order valence-electron chi connectivity index (χ4n) is 3.19. The number of hydrogen-bond donors (Lipinski definition) is 0. The molecule has 4 aromatic rings. The Bertz CT molecular complexity index is 1210. The Kier molecular flexibility index (Phi) is 4.50. The predicted octanol–water partition coefficient (Wildman–Crippen LogP) is 4.46. The van der Waals surface area contributed by atoms with Crippen LogP contribution in [0.3, 0.4) is 0 Å². The molecule has 0 saturated carbocycles. The maximum atomic E-state index is 12.7. The highest BCUT2D eigenvalue weighted by atomic mass is 35.5. The Hall–Kier alpha value is -2.63. The van der Waals surface area contributed by atoms with Gasteiger partial charge >= 0.3 is 0 Å². The smallest absolute Gasteiger partial charge is 0.274 e. The average Bonchev–Trinajstić information content (AvgIpc) is 2.90. The van der Waals surface area contributed by atoms with Gasteiger partial charge in [0.25, 0.3) is 5.56 Å². The lowest BCUT2D eigenvalue weighted by Gasteiger charge is -2.12. The summed E-state index contributed by atoms with van der Waals surface area (Å²) < 4.78 is 3.55. The molecule has 0 aliphatic carbocycles. The Balaban J connectivity index is 1.88. The monoisotopic (exact) mass is 398 g/mol. The van der Waals surface area contributed by atoms with Gasteiger partial charge in [0.1, 0.15) is 0 Å². The molecule has 0 fully saturated rings. The number of halogens is 2. The number of benzene rings is 2. The number of aromatic nitrogens is 4. The van der Waals surface area contributed by atoms with Crippen LogP contribution in [-0.2, 0) is 13.6 Å². The van der Waals surface area contributed by atoms with Gasteiger partial charge < -0.3 is 0 Å². The molecule has 27 heavy (non-hydrogen) atoms. The van der Waals surface area contributed by atoms with Crippen LogP contribution < -0.4 is 5.56 Å². The Morgan fingerprint density at radius 2 is 1.74 bits per heavy atom. The Labute approximate surface area is 165 Å². The number of nitrogens with zero attached hydrogens (tertiary/aromatic N) is 4. The fraction of sp³-hybridized carbons (Fsp3) is 0.150. The van der Waals surface area contributed by atoms with Gasteiger partial charge in [0, 0.05) is 30.0 Å². The van der Waals surface area contributed by atoms with E-state index in [2.05, 4.69) is 9.97 Å². The molecule has 2 aromatic carbocycles. The largest absolute Gasteiger partial charge is 0.278 e. The first-order valence-corrected chi connectivity index (χ1v) is 9.12. The summed E-state index contributed by atoms with van der Waals surface area (Å²) in [5.41, 5.74) is 4.60. The molecule has 4 rings (SSSR count). The first kappa shape index (κ1) is 17.8. The van der Waals surface area contributed by atoms with Crippen LogP contribution in [0.1, 0.15) is 11.1 Å². The van der Waals surface area contributed by atoms with E-state index in [1.165, 1.54) is 0 Å². The van der Waals surface area contributed by atoms with E-state index in [1.54, 1.807) is 24.1 Å². The molecular formula is C20H16Cl2N4O. The molecule has 0 aliphatic rings. The quantitative estimate of drug-likeness (QED) is 0.478. The van der Waals surface area contributed by atoms with E-state index >= 15 is 0 Å². The third-order valence-electron chi connectivity index (χ3n) is 4.64. The average molecular weight is 399 g/mol. The topological polar surface area (TPSA) is 52.7 Å². The lowest BCUT2D eigenvalue weighted by Crippen LogP contribution is -2.19. The molecule has 0 aliphatic heterocycles. The van der Waals surface area contributed by atoms with Gasteiger partial charge in [0.15, 0.2) is 0 Å². The predicted molar refractivity (Wildman–Crippen MR) is 109 cm³/mol. The normalized spacial score (nSPS) is 11.3. The minimum atomic E-state index is -0.0484. The van der Waals surface area contributed by atoms with Crippen molar-refractivity contribution >= 4 is 34.1 Å². The number of fused-ring (bicyclic) bond motifs is 1. The van der Waals surface area contributed by atoms with Crippen molar-refractivity contribution in [1.82, 2.24) is 19.3 Å². The molecule has 0 N–H and O–H groups in total. The van der Waals surface area contributed by atoms with Gasteiger partial charge in [-0.2, -0.15) is 0 Å². The summed E-state index contributed by atoms with van der Waals surface area (Å²) in [6.07, 6.45) is 3.33. The molecule has 0 bridgehead atoms. The molecule has 0 amide bonds. The van der Waals surface area contributed by atoms with E-state index in [1.807, 2.05) is 48.0 Å². The zero-order valence-corrected chi connectivity index (χ0v) is 16.3. The maximum absolute atomic E-state index is 12.7. The van der Waals surface area contributed by atoms with Crippen LogP contribution in [0, 0.1) is 6.92 Å². The third-order valence-corrected chi connectivity index (χ3v) is 5.20. The summed E-state index contributed by atoms with van der Waals surface area (Å²) in [5, 5.41) is 1.53. The van der Waals surface area contributed by atoms with Crippen molar-refractivity contribution in [2.75, 3.05) is 0 Å². The Morgan fingerprint density at radius 3 is 2.48 bits per heavy atom. The van der Waals surface area contributed by atoms with Gasteiger partial charge in [-0.1, -0.05) is 35.4 Å². The van der Waals surface area contributed by atoms with Gasteiger partial charge in [-0.3, -0.25) is 14.2 Å². The number of rotatable bonds is 3. The summed E-state index contributed by atoms with van der Waals surface area (Å²) in [4.78, 5) is 20.7. The van der Waals surface area contributed by atoms with Gasteiger partial charge in [-0.05, 0) is 47.9 Å². The standard InChI is InChI=1S/C20H16Cl2N4O/c1-12-3-6-17(21)14(7-12)11-26-18-8-13(15-9-23-20(22)24-10-15)4-5-16(18)19(27)25(26)2/h3-10H,11H2,1-2H3. The third kappa shape index (κ3) is 3.24. The highest BCUT2D eigenvalue weighted by molar-refractivity contribution is 6.31. The van der Waals surface area contributed by atoms with Crippen molar-refractivity contribution in [2.24, 2.45) is 7.05 Å². The highest BCUT2D eigenvalue weighted by Crippen LogP contribution is 2.25. The van der Waals surface area contributed by atoms with Gasteiger partial charge in [-0.15, -0.1) is 0 Å². The molecule has 136 valence electrons. The zero-order valence-electron chi connectivity index (χ0n) is 14.8. The van der Waals surface area contributed by atoms with Gasteiger partial charge in [0.2, 0.25) is 5.28 Å². The molecular weight excluding hydrogens is 383 g/mol. The summed E-state index contributed by atoms with van der Waals surface area (Å²) in [6.45, 7) is 2.52. The van der Waals surface area contributed by atoms with Crippen LogP contribution in [-0.4, -0.2) is 19.3 Å². The highest BCUT2D eigenvalue weighted by Gasteiger charge is 2.14. The summed E-state index contributed by atoms with van der Waals surface area (Å²) in [5.74, 6) is 0. The number of aryl methyl sites for hydroxylation is 1. The van der Waals surface area contributed by atoms with Crippen molar-refractivity contribution in [2.45, 2.75) is 13.5 Å². The van der Waals surface area contributed by atoms with Crippen molar-refractivity contribution < 1.29 is 0 Å². The van der Waals surface area contributed by atoms with Crippen molar-refractivity contribution in [3.8, 4) is 11.1 Å². The van der Waals surface area contributed by atoms with Crippen LogP contribution in [0.15, 0.2) is 53.6 Å². The molecule has 5 nitrogen and oxygen atoms in total. The first-order valence-electron chi connectivity index (χ1n) is 8.36. The van der Waals surface area contributed by atoms with Gasteiger partial charge in [0.05, 0.1) is 17.4 Å². The lowest BCUT2D eigenvalue weighted by atomic mass is 10.1. The minimum absolute atomic E-state index is 0.0484. The summed E-state index contributed by atoms with van der Waals surface area (Å²) >= 11 is 12.1. The Morgan fingerprint density at radius 1 is 1.00 bits per heavy atom. The lowest BCUT2D eigenvalue weighted by molar-refractivity contribution is 0.554. The molecule has 0 unspecified atom stereocenters. The van der Waals surface area contributed by atoms with Crippen molar-refractivity contribution in [1.29, 1.82) is 0 Å². The second kappa shape index (κ2) is 6.83. The van der Waals surface area contributed by atoms with E-state index in [9.17, 15) is 4.79 Å². The summed E-state index contributed by atoms with van der Waals surface area (Å²) in [7, 11) is 1.76. The maximum Gasteiger partial charge on any atom is 0.274 e. The van der Waals surface area contributed by atoms with Crippen LogP contribution in [0.5, 0.6) is 0 Å². The van der Waals surface area contributed by atoms with Crippen molar-refractivity contribution in [3.63, 3.8) is 0 Å². The second-order valence-electron chi connectivity index (χ2n) is 6.45. The van der Waals surface area contributed by atoms with E-state index in [0.29, 0.717) is 17.0 Å². The van der Waals surface area contributed by atoms with Crippen LogP contribution in [0.2, 0.25) is 10.3 Å². The molecule has 2 aromatic heterocycles. The molecule has 0 atom stereocenters. The molecule has 2 heterocycles. The van der Waals surface area contributed by atoms with Crippen LogP contribution in [0.4, 0.5) is 0 Å². The van der Waals surface area contributed by atoms with Crippen molar-refractivity contribution in [3.05, 3.63) is 80.6 Å². The SMILES string of the molecule is Cc1ccc(Cl)c(Cn2c3cc(-c4cnc(Cl)nc4)ccc3c(=O)n2C)c1. The van der Waals surface area contributed by atoms with Crippen LogP contribution in [0.25, 0.3) is 22.0 Å². The zero-order chi connectivity index (χ0) is 19.1. The van der Waals surface area contributed by atoms with E-state index in [0.717, 1.165) is 27.8 Å². The van der Waals surface area contributed by atoms with E-state index in [4.69, 9.17) is 23.2 Å². The fourth-order valence-corrected chi connectivity index (χ4v) is 3.46. The first-order chi connectivity index (χ1) is 12.9. The number of hydrogen-bond acceptors (Lipinski definition) is 3. The molecule has 0 saturated heterocycles.